The summed E-state index contributed by atoms with van der Waals surface area (Å²) < 4.78 is 4.95. The second kappa shape index (κ2) is 11.0. The number of esters is 1. The fraction of sp³-hybridized carbons (Fsp3) is 0.941. The van der Waals surface area contributed by atoms with E-state index in [2.05, 4.69) is 24.1 Å². The average Bonchev–Trinajstić information content (AvgIpc) is 2.46. The van der Waals surface area contributed by atoms with E-state index in [-0.39, 0.29) is 5.97 Å². The van der Waals surface area contributed by atoms with Crippen molar-refractivity contribution in [2.24, 2.45) is 0 Å². The Morgan fingerprint density at radius 1 is 1.29 bits per heavy atom. The zero-order valence-electron chi connectivity index (χ0n) is 14.2. The minimum Gasteiger partial charge on any atom is -0.466 e. The summed E-state index contributed by atoms with van der Waals surface area (Å²) >= 11 is 0. The van der Waals surface area contributed by atoms with E-state index in [4.69, 9.17) is 4.74 Å². The van der Waals surface area contributed by atoms with Crippen LogP contribution < -0.4 is 5.32 Å². The molecule has 0 saturated carbocycles. The summed E-state index contributed by atoms with van der Waals surface area (Å²) in [7, 11) is 0. The quantitative estimate of drug-likeness (QED) is 0.497. The van der Waals surface area contributed by atoms with Crippen LogP contribution in [0.15, 0.2) is 0 Å². The molecule has 0 bridgehead atoms. The molecule has 0 aromatic rings. The van der Waals surface area contributed by atoms with Gasteiger partial charge in [-0.15, -0.1) is 0 Å². The minimum absolute atomic E-state index is 0.0468. The Bertz CT molecular complexity index is 282. The lowest BCUT2D eigenvalue weighted by Gasteiger charge is -2.36. The summed E-state index contributed by atoms with van der Waals surface area (Å²) in [6.45, 7) is 10.3. The van der Waals surface area contributed by atoms with E-state index in [9.17, 15) is 4.79 Å². The monoisotopic (exact) mass is 298 g/mol. The molecule has 1 aliphatic heterocycles. The molecule has 1 atom stereocenters. The molecule has 0 aromatic heterocycles. The Hall–Kier alpha value is -0.610. The van der Waals surface area contributed by atoms with Crippen LogP contribution in [0.25, 0.3) is 0 Å². The van der Waals surface area contributed by atoms with Gasteiger partial charge in [-0.05, 0) is 45.7 Å². The number of hydrogen-bond acceptors (Lipinski definition) is 4. The molecule has 0 amide bonds. The molecular weight excluding hydrogens is 264 g/mol. The number of rotatable bonds is 10. The smallest absolute Gasteiger partial charge is 0.305 e. The summed E-state index contributed by atoms with van der Waals surface area (Å²) in [5.41, 5.74) is 0. The second-order valence-electron chi connectivity index (χ2n) is 6.36. The summed E-state index contributed by atoms with van der Waals surface area (Å²) in [6.07, 6.45) is 7.87. The van der Waals surface area contributed by atoms with Gasteiger partial charge in [-0.25, -0.2) is 0 Å². The largest absolute Gasteiger partial charge is 0.466 e. The van der Waals surface area contributed by atoms with Crippen LogP contribution >= 0.6 is 0 Å². The molecule has 0 radical (unpaired) electrons. The van der Waals surface area contributed by atoms with Crippen molar-refractivity contribution in [3.05, 3.63) is 0 Å². The zero-order chi connectivity index (χ0) is 15.5. The van der Waals surface area contributed by atoms with Crippen molar-refractivity contribution in [2.75, 3.05) is 26.2 Å². The summed E-state index contributed by atoms with van der Waals surface area (Å²) in [4.78, 5) is 13.9. The maximum Gasteiger partial charge on any atom is 0.305 e. The van der Waals surface area contributed by atoms with Gasteiger partial charge in [0.25, 0.3) is 0 Å². The van der Waals surface area contributed by atoms with Crippen LogP contribution in [0, 0.1) is 0 Å². The third-order valence-corrected chi connectivity index (χ3v) is 4.14. The number of likely N-dealkylation sites (tertiary alicyclic amines) is 1. The maximum absolute atomic E-state index is 11.3. The SMILES string of the molecule is CCOC(=O)CCCCCN1CCCCC1CNC(C)C. The highest BCUT2D eigenvalue weighted by Crippen LogP contribution is 2.17. The first-order valence-corrected chi connectivity index (χ1v) is 8.76. The normalized spacial score (nSPS) is 19.9. The van der Waals surface area contributed by atoms with Gasteiger partial charge >= 0.3 is 5.97 Å². The van der Waals surface area contributed by atoms with Crippen LogP contribution in [0.1, 0.15) is 65.7 Å². The molecule has 1 saturated heterocycles. The molecule has 1 rings (SSSR count). The third kappa shape index (κ3) is 8.42. The Balaban J connectivity index is 2.14. The first kappa shape index (κ1) is 18.4. The van der Waals surface area contributed by atoms with Gasteiger partial charge in [-0.3, -0.25) is 9.69 Å². The van der Waals surface area contributed by atoms with E-state index in [1.807, 2.05) is 6.92 Å². The van der Waals surface area contributed by atoms with Gasteiger partial charge in [0.05, 0.1) is 6.61 Å². The fourth-order valence-electron chi connectivity index (χ4n) is 2.95. The number of nitrogens with zero attached hydrogens (tertiary/aromatic N) is 1. The Morgan fingerprint density at radius 3 is 2.81 bits per heavy atom. The second-order valence-corrected chi connectivity index (χ2v) is 6.36. The summed E-state index contributed by atoms with van der Waals surface area (Å²) in [5, 5.41) is 3.57. The lowest BCUT2D eigenvalue weighted by atomic mass is 10.0. The Morgan fingerprint density at radius 2 is 2.10 bits per heavy atom. The van der Waals surface area contributed by atoms with Crippen molar-refractivity contribution in [3.8, 4) is 0 Å². The van der Waals surface area contributed by atoms with Crippen molar-refractivity contribution in [3.63, 3.8) is 0 Å². The molecular formula is C17H34N2O2. The molecule has 1 heterocycles. The number of hydrogen-bond donors (Lipinski definition) is 1. The Kier molecular flexibility index (Phi) is 9.68. The Labute approximate surface area is 130 Å². The van der Waals surface area contributed by atoms with Crippen LogP contribution in [0.4, 0.5) is 0 Å². The lowest BCUT2D eigenvalue weighted by molar-refractivity contribution is -0.143. The molecule has 124 valence electrons. The molecule has 0 spiro atoms. The van der Waals surface area contributed by atoms with E-state index in [1.54, 1.807) is 0 Å². The molecule has 21 heavy (non-hydrogen) atoms. The molecule has 4 nitrogen and oxygen atoms in total. The summed E-state index contributed by atoms with van der Waals surface area (Å²) in [5.74, 6) is -0.0468. The van der Waals surface area contributed by atoms with E-state index in [0.29, 0.717) is 25.1 Å². The van der Waals surface area contributed by atoms with Crippen LogP contribution in [-0.2, 0) is 9.53 Å². The van der Waals surface area contributed by atoms with E-state index >= 15 is 0 Å². The first-order valence-electron chi connectivity index (χ1n) is 8.76. The van der Waals surface area contributed by atoms with Crippen molar-refractivity contribution >= 4 is 5.97 Å². The lowest BCUT2D eigenvalue weighted by Crippen LogP contribution is -2.47. The molecule has 1 aliphatic rings. The van der Waals surface area contributed by atoms with Gasteiger partial charge in [0.15, 0.2) is 0 Å². The van der Waals surface area contributed by atoms with Crippen molar-refractivity contribution < 1.29 is 9.53 Å². The van der Waals surface area contributed by atoms with Crippen LogP contribution in [0.5, 0.6) is 0 Å². The number of carbonyl (C=O) groups excluding carboxylic acids is 1. The fourth-order valence-corrected chi connectivity index (χ4v) is 2.95. The van der Waals surface area contributed by atoms with Crippen LogP contribution in [0.3, 0.4) is 0 Å². The standard InChI is InChI=1S/C17H34N2O2/c1-4-21-17(20)11-6-5-8-12-19-13-9-7-10-16(19)14-18-15(2)3/h15-16,18H,4-14H2,1-3H3. The van der Waals surface area contributed by atoms with Gasteiger partial charge in [0.1, 0.15) is 0 Å². The molecule has 1 fully saturated rings. The number of piperidine rings is 1. The van der Waals surface area contributed by atoms with E-state index in [0.717, 1.165) is 19.4 Å². The van der Waals surface area contributed by atoms with Gasteiger partial charge in [0, 0.05) is 25.0 Å². The first-order chi connectivity index (χ1) is 10.1. The maximum atomic E-state index is 11.3. The molecule has 1 N–H and O–H groups in total. The van der Waals surface area contributed by atoms with E-state index in [1.165, 1.54) is 38.8 Å². The minimum atomic E-state index is -0.0468. The number of carbonyl (C=O) groups is 1. The molecule has 0 aromatic carbocycles. The highest BCUT2D eigenvalue weighted by molar-refractivity contribution is 5.69. The van der Waals surface area contributed by atoms with Gasteiger partial charge in [-0.2, -0.15) is 0 Å². The third-order valence-electron chi connectivity index (χ3n) is 4.14. The van der Waals surface area contributed by atoms with E-state index < -0.39 is 0 Å². The van der Waals surface area contributed by atoms with Crippen molar-refractivity contribution in [2.45, 2.75) is 77.8 Å². The van der Waals surface area contributed by atoms with Gasteiger partial charge in [0.2, 0.25) is 0 Å². The number of unbranched alkanes of at least 4 members (excludes halogenated alkanes) is 2. The highest BCUT2D eigenvalue weighted by Gasteiger charge is 2.21. The predicted octanol–water partition coefficient (Wildman–Crippen LogP) is 2.96. The van der Waals surface area contributed by atoms with Crippen molar-refractivity contribution in [1.82, 2.24) is 10.2 Å². The van der Waals surface area contributed by atoms with Crippen LogP contribution in [0.2, 0.25) is 0 Å². The van der Waals surface area contributed by atoms with Crippen molar-refractivity contribution in [1.29, 1.82) is 0 Å². The van der Waals surface area contributed by atoms with Crippen LogP contribution in [-0.4, -0.2) is 49.2 Å². The number of ether oxygens (including phenoxy) is 1. The number of nitrogens with one attached hydrogen (secondary N) is 1. The molecule has 1 unspecified atom stereocenters. The average molecular weight is 298 g/mol. The van der Waals surface area contributed by atoms with Gasteiger partial charge in [-0.1, -0.05) is 26.7 Å². The molecule has 0 aliphatic carbocycles. The summed E-state index contributed by atoms with van der Waals surface area (Å²) in [6, 6.07) is 1.27. The van der Waals surface area contributed by atoms with Gasteiger partial charge < -0.3 is 10.1 Å². The predicted molar refractivity (Wildman–Crippen MR) is 87.5 cm³/mol. The topological polar surface area (TPSA) is 41.6 Å². The molecule has 4 heteroatoms. The highest BCUT2D eigenvalue weighted by atomic mass is 16.5. The zero-order valence-corrected chi connectivity index (χ0v) is 14.2.